The molecule has 0 radical (unpaired) electrons. The van der Waals surface area contributed by atoms with Crippen LogP contribution in [0.3, 0.4) is 0 Å². The highest BCUT2D eigenvalue weighted by Gasteiger charge is 2.11. The van der Waals surface area contributed by atoms with E-state index in [1.165, 1.54) is 0 Å². The average molecular weight is 281 g/mol. The molecule has 0 unspecified atom stereocenters. The van der Waals surface area contributed by atoms with Crippen LogP contribution in [0, 0.1) is 0 Å². The zero-order valence-corrected chi connectivity index (χ0v) is 11.7. The fraction of sp³-hybridized carbons (Fsp3) is 0. The van der Waals surface area contributed by atoms with Crippen LogP contribution in [0.2, 0.25) is 0 Å². The lowest BCUT2D eigenvalue weighted by Crippen LogP contribution is -1.90. The van der Waals surface area contributed by atoms with E-state index in [4.69, 9.17) is 4.98 Å². The number of hydrogen-bond donors (Lipinski definition) is 0. The molecular formula is C19H11N3. The van der Waals surface area contributed by atoms with Gasteiger partial charge in [0.15, 0.2) is 0 Å². The Balaban J connectivity index is 2.17. The minimum absolute atomic E-state index is 0.912. The lowest BCUT2D eigenvalue weighted by molar-refractivity contribution is 1.31. The van der Waals surface area contributed by atoms with Gasteiger partial charge in [0, 0.05) is 33.9 Å². The van der Waals surface area contributed by atoms with E-state index in [0.717, 1.165) is 43.6 Å². The van der Waals surface area contributed by atoms with E-state index in [2.05, 4.69) is 34.2 Å². The average Bonchev–Trinajstić information content (AvgIpc) is 2.61. The first kappa shape index (κ1) is 11.6. The summed E-state index contributed by atoms with van der Waals surface area (Å²) in [6.45, 7) is 0. The molecule has 2 aromatic heterocycles. The summed E-state index contributed by atoms with van der Waals surface area (Å²) in [5.74, 6) is 0. The van der Waals surface area contributed by atoms with Crippen molar-refractivity contribution < 1.29 is 0 Å². The molecule has 0 fully saturated rings. The zero-order valence-electron chi connectivity index (χ0n) is 11.7. The second-order valence-electron chi connectivity index (χ2n) is 5.38. The van der Waals surface area contributed by atoms with Crippen molar-refractivity contribution in [1.29, 1.82) is 0 Å². The molecule has 102 valence electrons. The molecule has 3 aromatic carbocycles. The normalized spacial score (nSPS) is 11.6. The van der Waals surface area contributed by atoms with Gasteiger partial charge in [-0.25, -0.2) is 4.98 Å². The van der Waals surface area contributed by atoms with Crippen LogP contribution in [0.5, 0.6) is 0 Å². The fourth-order valence-electron chi connectivity index (χ4n) is 3.13. The van der Waals surface area contributed by atoms with Crippen molar-refractivity contribution >= 4 is 43.6 Å². The summed E-state index contributed by atoms with van der Waals surface area (Å²) in [5.41, 5.74) is 3.84. The molecule has 3 nitrogen and oxygen atoms in total. The molecule has 0 N–H and O–H groups in total. The number of hydrogen-bond acceptors (Lipinski definition) is 3. The van der Waals surface area contributed by atoms with Gasteiger partial charge in [0.25, 0.3) is 0 Å². The van der Waals surface area contributed by atoms with E-state index in [0.29, 0.717) is 0 Å². The van der Waals surface area contributed by atoms with Crippen molar-refractivity contribution in [3.05, 3.63) is 67.0 Å². The topological polar surface area (TPSA) is 38.7 Å². The molecule has 0 amide bonds. The Hall–Kier alpha value is -3.07. The highest BCUT2D eigenvalue weighted by Crippen LogP contribution is 2.33. The smallest absolute Gasteiger partial charge is 0.0987 e. The Kier molecular flexibility index (Phi) is 2.22. The monoisotopic (exact) mass is 281 g/mol. The van der Waals surface area contributed by atoms with Gasteiger partial charge in [0.2, 0.25) is 0 Å². The summed E-state index contributed by atoms with van der Waals surface area (Å²) in [5, 5.41) is 4.40. The van der Waals surface area contributed by atoms with Crippen molar-refractivity contribution in [3.63, 3.8) is 0 Å². The van der Waals surface area contributed by atoms with Crippen LogP contribution < -0.4 is 0 Å². The first-order chi connectivity index (χ1) is 10.9. The maximum atomic E-state index is 4.89. The van der Waals surface area contributed by atoms with Gasteiger partial charge in [0.05, 0.1) is 22.1 Å². The van der Waals surface area contributed by atoms with Crippen LogP contribution >= 0.6 is 0 Å². The van der Waals surface area contributed by atoms with E-state index in [-0.39, 0.29) is 0 Å². The number of benzene rings is 3. The molecule has 0 spiro atoms. The van der Waals surface area contributed by atoms with Crippen molar-refractivity contribution in [2.75, 3.05) is 0 Å². The number of rotatable bonds is 0. The Labute approximate surface area is 126 Å². The number of para-hydroxylation sites is 1. The summed E-state index contributed by atoms with van der Waals surface area (Å²) in [6, 6.07) is 18.6. The predicted octanol–water partition coefficient (Wildman–Crippen LogP) is 4.48. The SMILES string of the molecule is c1ccc2nc3c4ccccc4c4nccnc4c3cc2c1. The highest BCUT2D eigenvalue weighted by molar-refractivity contribution is 6.23. The molecule has 0 atom stereocenters. The van der Waals surface area contributed by atoms with Gasteiger partial charge in [-0.2, -0.15) is 0 Å². The molecule has 0 saturated heterocycles. The number of aromatic nitrogens is 3. The van der Waals surface area contributed by atoms with Crippen molar-refractivity contribution in [2.24, 2.45) is 0 Å². The Morgan fingerprint density at radius 2 is 1.23 bits per heavy atom. The van der Waals surface area contributed by atoms with Crippen molar-refractivity contribution in [1.82, 2.24) is 15.0 Å². The first-order valence-electron chi connectivity index (χ1n) is 7.23. The molecule has 0 aliphatic rings. The van der Waals surface area contributed by atoms with Crippen LogP contribution in [0.15, 0.2) is 67.0 Å². The van der Waals surface area contributed by atoms with Gasteiger partial charge in [0.1, 0.15) is 0 Å². The van der Waals surface area contributed by atoms with Crippen LogP contribution in [-0.2, 0) is 0 Å². The molecule has 22 heavy (non-hydrogen) atoms. The number of fused-ring (bicyclic) bond motifs is 7. The van der Waals surface area contributed by atoms with Gasteiger partial charge in [-0.15, -0.1) is 0 Å². The molecular weight excluding hydrogens is 270 g/mol. The zero-order chi connectivity index (χ0) is 14.5. The van der Waals surface area contributed by atoms with Gasteiger partial charge in [-0.3, -0.25) is 9.97 Å². The fourth-order valence-corrected chi connectivity index (χ4v) is 3.13. The predicted molar refractivity (Wildman–Crippen MR) is 89.9 cm³/mol. The lowest BCUT2D eigenvalue weighted by atomic mass is 10.0. The third-order valence-corrected chi connectivity index (χ3v) is 4.11. The van der Waals surface area contributed by atoms with Gasteiger partial charge in [-0.05, 0) is 12.1 Å². The van der Waals surface area contributed by atoms with Gasteiger partial charge < -0.3 is 0 Å². The number of pyridine rings is 1. The Bertz CT molecular complexity index is 1080. The van der Waals surface area contributed by atoms with E-state index in [1.807, 2.05) is 30.3 Å². The molecule has 0 aliphatic carbocycles. The molecule has 0 aliphatic heterocycles. The second-order valence-corrected chi connectivity index (χ2v) is 5.38. The van der Waals surface area contributed by atoms with Gasteiger partial charge in [-0.1, -0.05) is 42.5 Å². The van der Waals surface area contributed by atoms with Crippen LogP contribution in [-0.4, -0.2) is 15.0 Å². The second kappa shape index (κ2) is 4.21. The molecule has 5 aromatic rings. The Morgan fingerprint density at radius 3 is 2.05 bits per heavy atom. The van der Waals surface area contributed by atoms with Gasteiger partial charge >= 0.3 is 0 Å². The van der Waals surface area contributed by atoms with Crippen LogP contribution in [0.25, 0.3) is 43.6 Å². The van der Waals surface area contributed by atoms with E-state index in [1.54, 1.807) is 12.4 Å². The lowest BCUT2D eigenvalue weighted by Gasteiger charge is -2.09. The summed E-state index contributed by atoms with van der Waals surface area (Å²) in [7, 11) is 0. The summed E-state index contributed by atoms with van der Waals surface area (Å²) in [6.07, 6.45) is 3.49. The molecule has 0 bridgehead atoms. The summed E-state index contributed by atoms with van der Waals surface area (Å²) in [4.78, 5) is 14.0. The van der Waals surface area contributed by atoms with E-state index >= 15 is 0 Å². The number of nitrogens with zero attached hydrogens (tertiary/aromatic N) is 3. The maximum Gasteiger partial charge on any atom is 0.0987 e. The highest BCUT2D eigenvalue weighted by atomic mass is 14.8. The summed E-state index contributed by atoms with van der Waals surface area (Å²) < 4.78 is 0. The third kappa shape index (κ3) is 1.48. The standard InChI is InChI=1S/C19H11N3/c1-4-8-16-12(5-1)11-15-17(22-16)13-6-2-3-7-14(13)18-19(15)21-10-9-20-18/h1-11H. The maximum absolute atomic E-state index is 4.89. The minimum atomic E-state index is 0.912. The molecule has 3 heteroatoms. The van der Waals surface area contributed by atoms with E-state index < -0.39 is 0 Å². The quantitative estimate of drug-likeness (QED) is 0.310. The van der Waals surface area contributed by atoms with Crippen molar-refractivity contribution in [2.45, 2.75) is 0 Å². The first-order valence-corrected chi connectivity index (χ1v) is 7.23. The summed E-state index contributed by atoms with van der Waals surface area (Å²) >= 11 is 0. The minimum Gasteiger partial charge on any atom is -0.252 e. The largest absolute Gasteiger partial charge is 0.252 e. The van der Waals surface area contributed by atoms with Crippen molar-refractivity contribution in [3.8, 4) is 0 Å². The van der Waals surface area contributed by atoms with E-state index in [9.17, 15) is 0 Å². The van der Waals surface area contributed by atoms with Crippen LogP contribution in [0.4, 0.5) is 0 Å². The third-order valence-electron chi connectivity index (χ3n) is 4.11. The molecule has 2 heterocycles. The molecule has 5 rings (SSSR count). The van der Waals surface area contributed by atoms with Crippen LogP contribution in [0.1, 0.15) is 0 Å². The Morgan fingerprint density at radius 1 is 0.591 bits per heavy atom. The molecule has 0 saturated carbocycles.